The van der Waals surface area contributed by atoms with Crippen LogP contribution in [0, 0.1) is 12.7 Å². The van der Waals surface area contributed by atoms with E-state index in [2.05, 4.69) is 4.98 Å². The maximum Gasteiger partial charge on any atom is 0.123 e. The number of nitrogen functional groups attached to an aromatic ring is 1. The van der Waals surface area contributed by atoms with Crippen molar-refractivity contribution in [2.75, 3.05) is 5.73 Å². The van der Waals surface area contributed by atoms with Gasteiger partial charge in [-0.2, -0.15) is 0 Å². The van der Waals surface area contributed by atoms with Crippen molar-refractivity contribution in [3.8, 4) is 11.1 Å². The first-order valence-electron chi connectivity index (χ1n) is 4.64. The van der Waals surface area contributed by atoms with E-state index in [9.17, 15) is 4.39 Å². The van der Waals surface area contributed by atoms with Crippen molar-refractivity contribution in [1.82, 2.24) is 4.98 Å². The minimum atomic E-state index is -0.233. The van der Waals surface area contributed by atoms with Crippen molar-refractivity contribution in [2.45, 2.75) is 6.92 Å². The number of aromatic nitrogens is 1. The SMILES string of the molecule is Cc1cc(F)ccc1-c1ccncc1N.[Zn]. The van der Waals surface area contributed by atoms with Gasteiger partial charge >= 0.3 is 0 Å². The van der Waals surface area contributed by atoms with E-state index in [0.29, 0.717) is 5.69 Å². The van der Waals surface area contributed by atoms with Gasteiger partial charge in [-0.25, -0.2) is 4.39 Å². The van der Waals surface area contributed by atoms with E-state index in [0.717, 1.165) is 16.7 Å². The van der Waals surface area contributed by atoms with Crippen molar-refractivity contribution in [3.05, 3.63) is 48.0 Å². The molecule has 4 heteroatoms. The topological polar surface area (TPSA) is 38.9 Å². The fourth-order valence-electron chi connectivity index (χ4n) is 1.58. The van der Waals surface area contributed by atoms with Gasteiger partial charge in [0.1, 0.15) is 5.82 Å². The van der Waals surface area contributed by atoms with Crippen LogP contribution in [-0.2, 0) is 19.5 Å². The van der Waals surface area contributed by atoms with Crippen LogP contribution in [0.4, 0.5) is 10.1 Å². The minimum absolute atomic E-state index is 0. The van der Waals surface area contributed by atoms with Gasteiger partial charge in [0, 0.05) is 31.2 Å². The van der Waals surface area contributed by atoms with Gasteiger partial charge in [0.2, 0.25) is 0 Å². The molecule has 0 saturated heterocycles. The van der Waals surface area contributed by atoms with E-state index in [4.69, 9.17) is 5.73 Å². The molecule has 78 valence electrons. The van der Waals surface area contributed by atoms with Crippen molar-refractivity contribution < 1.29 is 23.9 Å². The molecule has 1 heterocycles. The summed E-state index contributed by atoms with van der Waals surface area (Å²) in [5, 5.41) is 0. The quantitative estimate of drug-likeness (QED) is 0.807. The summed E-state index contributed by atoms with van der Waals surface area (Å²) in [7, 11) is 0. The number of aryl methyl sites for hydroxylation is 1. The van der Waals surface area contributed by atoms with Gasteiger partial charge in [-0.05, 0) is 36.2 Å². The predicted molar refractivity (Wildman–Crippen MR) is 58.8 cm³/mol. The maximum absolute atomic E-state index is 12.9. The number of nitrogens with zero attached hydrogens (tertiary/aromatic N) is 1. The predicted octanol–water partition coefficient (Wildman–Crippen LogP) is 2.78. The molecular weight excluding hydrogens is 257 g/mol. The van der Waals surface area contributed by atoms with Crippen LogP contribution in [0.3, 0.4) is 0 Å². The van der Waals surface area contributed by atoms with Crippen molar-refractivity contribution in [1.29, 1.82) is 0 Å². The number of halogens is 1. The first kappa shape index (κ1) is 12.8. The molecule has 2 aromatic rings. The van der Waals surface area contributed by atoms with Crippen molar-refractivity contribution in [2.24, 2.45) is 0 Å². The molecule has 0 unspecified atom stereocenters. The van der Waals surface area contributed by atoms with Crippen LogP contribution in [0.2, 0.25) is 0 Å². The van der Waals surface area contributed by atoms with E-state index in [-0.39, 0.29) is 25.3 Å². The first-order chi connectivity index (χ1) is 7.18. The first-order valence-corrected chi connectivity index (χ1v) is 4.64. The standard InChI is InChI=1S/C12H11FN2.Zn/c1-8-6-9(13)2-3-10(8)11-4-5-15-7-12(11)14;/h2-7H,14H2,1H3;. The average molecular weight is 268 g/mol. The summed E-state index contributed by atoms with van der Waals surface area (Å²) in [4.78, 5) is 3.92. The number of rotatable bonds is 1. The van der Waals surface area contributed by atoms with Crippen LogP contribution >= 0.6 is 0 Å². The zero-order valence-electron chi connectivity index (χ0n) is 9.07. The molecule has 0 radical (unpaired) electrons. The second-order valence-electron chi connectivity index (χ2n) is 3.42. The molecule has 2 N–H and O–H groups in total. The number of hydrogen-bond donors (Lipinski definition) is 1. The molecule has 2 rings (SSSR count). The van der Waals surface area contributed by atoms with Gasteiger partial charge in [0.05, 0.1) is 11.9 Å². The van der Waals surface area contributed by atoms with Crippen molar-refractivity contribution >= 4 is 5.69 Å². The second-order valence-corrected chi connectivity index (χ2v) is 3.42. The number of anilines is 1. The molecule has 0 aliphatic heterocycles. The Hall–Kier alpha value is -1.28. The number of hydrogen-bond acceptors (Lipinski definition) is 2. The van der Waals surface area contributed by atoms with E-state index in [1.165, 1.54) is 12.1 Å². The Morgan fingerprint density at radius 3 is 2.56 bits per heavy atom. The molecular formula is C12H11FN2Zn. The Balaban J connectivity index is 0.00000128. The molecule has 0 aliphatic carbocycles. The average Bonchev–Trinajstić information content (AvgIpc) is 2.20. The third-order valence-corrected chi connectivity index (χ3v) is 2.33. The molecule has 2 nitrogen and oxygen atoms in total. The zero-order chi connectivity index (χ0) is 10.8. The second kappa shape index (κ2) is 5.17. The number of nitrogens with two attached hydrogens (primary N) is 1. The van der Waals surface area contributed by atoms with E-state index >= 15 is 0 Å². The fourth-order valence-corrected chi connectivity index (χ4v) is 1.58. The van der Waals surface area contributed by atoms with Crippen LogP contribution in [0.1, 0.15) is 5.56 Å². The summed E-state index contributed by atoms with van der Waals surface area (Å²) >= 11 is 0. The summed E-state index contributed by atoms with van der Waals surface area (Å²) in [6.45, 7) is 1.86. The summed E-state index contributed by atoms with van der Waals surface area (Å²) < 4.78 is 12.9. The molecule has 0 aliphatic rings. The van der Waals surface area contributed by atoms with Gasteiger partial charge in [-0.15, -0.1) is 0 Å². The van der Waals surface area contributed by atoms with Crippen LogP contribution in [0.25, 0.3) is 11.1 Å². The minimum Gasteiger partial charge on any atom is -0.397 e. The normalized spacial score (nSPS) is 9.62. The molecule has 1 aromatic heterocycles. The monoisotopic (exact) mass is 266 g/mol. The largest absolute Gasteiger partial charge is 0.397 e. The van der Waals surface area contributed by atoms with Crippen molar-refractivity contribution in [3.63, 3.8) is 0 Å². The Morgan fingerprint density at radius 1 is 1.19 bits per heavy atom. The van der Waals surface area contributed by atoms with E-state index in [1.54, 1.807) is 18.5 Å². The molecule has 1 aromatic carbocycles. The van der Waals surface area contributed by atoms with Gasteiger partial charge in [0.25, 0.3) is 0 Å². The summed E-state index contributed by atoms with van der Waals surface area (Å²) in [5.41, 5.74) is 9.11. The number of pyridine rings is 1. The molecule has 0 bridgehead atoms. The van der Waals surface area contributed by atoms with Gasteiger partial charge < -0.3 is 5.73 Å². The third kappa shape index (κ3) is 2.45. The Kier molecular flexibility index (Phi) is 4.14. The zero-order valence-corrected chi connectivity index (χ0v) is 12.0. The molecule has 0 saturated carbocycles. The molecule has 0 spiro atoms. The summed E-state index contributed by atoms with van der Waals surface area (Å²) in [6.07, 6.45) is 3.27. The Labute approximate surface area is 106 Å². The van der Waals surface area contributed by atoms with Crippen LogP contribution in [0.15, 0.2) is 36.7 Å². The summed E-state index contributed by atoms with van der Waals surface area (Å²) in [6, 6.07) is 6.49. The van der Waals surface area contributed by atoms with Crippen LogP contribution < -0.4 is 5.73 Å². The summed E-state index contributed by atoms with van der Waals surface area (Å²) in [5.74, 6) is -0.233. The number of benzene rings is 1. The van der Waals surface area contributed by atoms with E-state index in [1.807, 2.05) is 13.0 Å². The van der Waals surface area contributed by atoms with Crippen LogP contribution in [-0.4, -0.2) is 4.98 Å². The third-order valence-electron chi connectivity index (χ3n) is 2.33. The molecule has 0 fully saturated rings. The smallest absolute Gasteiger partial charge is 0.123 e. The maximum atomic E-state index is 12.9. The fraction of sp³-hybridized carbons (Fsp3) is 0.0833. The van der Waals surface area contributed by atoms with Gasteiger partial charge in [-0.1, -0.05) is 6.07 Å². The van der Waals surface area contributed by atoms with Gasteiger partial charge in [-0.3, -0.25) is 4.98 Å². The Bertz CT molecular complexity index is 500. The Morgan fingerprint density at radius 2 is 1.94 bits per heavy atom. The molecule has 0 atom stereocenters. The molecule has 16 heavy (non-hydrogen) atoms. The van der Waals surface area contributed by atoms with E-state index < -0.39 is 0 Å². The van der Waals surface area contributed by atoms with Gasteiger partial charge in [0.15, 0.2) is 0 Å². The molecule has 0 amide bonds. The van der Waals surface area contributed by atoms with Crippen LogP contribution in [0.5, 0.6) is 0 Å².